The highest BCUT2D eigenvalue weighted by molar-refractivity contribution is 14.1. The van der Waals surface area contributed by atoms with Crippen molar-refractivity contribution in [2.45, 2.75) is 24.0 Å². The molecule has 2 bridgehead atoms. The molecule has 0 N–H and O–H groups in total. The van der Waals surface area contributed by atoms with Crippen molar-refractivity contribution in [3.8, 4) is 5.75 Å². The molecule has 2 heterocycles. The molecule has 2 atom stereocenters. The van der Waals surface area contributed by atoms with E-state index < -0.39 is 10.1 Å². The first-order valence-corrected chi connectivity index (χ1v) is 11.0. The topological polar surface area (TPSA) is 52.6 Å². The summed E-state index contributed by atoms with van der Waals surface area (Å²) in [5, 5.41) is 0. The number of benzene rings is 3. The first-order chi connectivity index (χ1) is 12.9. The minimum Gasteiger partial charge on any atom is -0.378 e. The van der Waals surface area contributed by atoms with Crippen LogP contribution in [0.4, 0.5) is 0 Å². The zero-order valence-corrected chi connectivity index (χ0v) is 17.3. The van der Waals surface area contributed by atoms with E-state index in [1.54, 1.807) is 24.3 Å². The molecule has 0 aliphatic carbocycles. The van der Waals surface area contributed by atoms with Gasteiger partial charge in [0.1, 0.15) is 17.1 Å². The molecular formula is C21H15IO4S. The number of fused-ring (bicyclic) bond motifs is 8. The van der Waals surface area contributed by atoms with Crippen molar-refractivity contribution in [2.24, 2.45) is 0 Å². The predicted molar refractivity (Wildman–Crippen MR) is 109 cm³/mol. The molecule has 5 rings (SSSR count). The van der Waals surface area contributed by atoms with Crippen LogP contribution < -0.4 is 4.18 Å². The van der Waals surface area contributed by atoms with E-state index in [9.17, 15) is 8.42 Å². The summed E-state index contributed by atoms with van der Waals surface area (Å²) >= 11 is 2.11. The van der Waals surface area contributed by atoms with Crippen molar-refractivity contribution in [3.05, 3.63) is 92.1 Å². The Morgan fingerprint density at radius 3 is 2.11 bits per heavy atom. The van der Waals surface area contributed by atoms with Gasteiger partial charge in [-0.05, 0) is 76.0 Å². The van der Waals surface area contributed by atoms with Crippen LogP contribution in [0.5, 0.6) is 5.75 Å². The molecule has 136 valence electrons. The molecule has 0 saturated heterocycles. The van der Waals surface area contributed by atoms with Gasteiger partial charge in [-0.3, -0.25) is 0 Å². The van der Waals surface area contributed by atoms with Crippen LogP contribution in [0.1, 0.15) is 40.0 Å². The maximum atomic E-state index is 12.7. The molecule has 0 spiro atoms. The van der Waals surface area contributed by atoms with Crippen molar-refractivity contribution in [1.29, 1.82) is 0 Å². The maximum Gasteiger partial charge on any atom is 0.339 e. The van der Waals surface area contributed by atoms with Crippen molar-refractivity contribution in [2.75, 3.05) is 0 Å². The van der Waals surface area contributed by atoms with Gasteiger partial charge in [-0.1, -0.05) is 42.0 Å². The Kier molecular flexibility index (Phi) is 3.86. The lowest BCUT2D eigenvalue weighted by Crippen LogP contribution is -2.12. The molecule has 27 heavy (non-hydrogen) atoms. The molecular weight excluding hydrogens is 475 g/mol. The zero-order chi connectivity index (χ0) is 18.8. The summed E-state index contributed by atoms with van der Waals surface area (Å²) in [6, 6.07) is 18.6. The van der Waals surface area contributed by atoms with E-state index in [0.717, 1.165) is 25.8 Å². The van der Waals surface area contributed by atoms with Crippen LogP contribution in [0, 0.1) is 10.5 Å². The fraction of sp³-hybridized carbons (Fsp3) is 0.143. The van der Waals surface area contributed by atoms with E-state index in [0.29, 0.717) is 5.75 Å². The maximum absolute atomic E-state index is 12.7. The fourth-order valence-electron chi connectivity index (χ4n) is 3.73. The van der Waals surface area contributed by atoms with E-state index in [1.807, 2.05) is 31.2 Å². The quantitative estimate of drug-likeness (QED) is 0.388. The van der Waals surface area contributed by atoms with Gasteiger partial charge in [-0.25, -0.2) is 0 Å². The first kappa shape index (κ1) is 17.2. The van der Waals surface area contributed by atoms with E-state index in [1.165, 1.54) is 5.56 Å². The summed E-state index contributed by atoms with van der Waals surface area (Å²) in [5.41, 5.74) is 5.39. The zero-order valence-electron chi connectivity index (χ0n) is 14.3. The largest absolute Gasteiger partial charge is 0.378 e. The highest BCUT2D eigenvalue weighted by atomic mass is 127. The predicted octanol–water partition coefficient (Wildman–Crippen LogP) is 4.89. The fourth-order valence-corrected chi connectivity index (χ4v) is 5.42. The van der Waals surface area contributed by atoms with Gasteiger partial charge in [0.05, 0.1) is 3.57 Å². The van der Waals surface area contributed by atoms with E-state index in [2.05, 4.69) is 34.7 Å². The average molecular weight is 490 g/mol. The summed E-state index contributed by atoms with van der Waals surface area (Å²) in [7, 11) is -3.89. The SMILES string of the molecule is Cc1ccc(S(=O)(=O)Oc2cc3c(cc2I)C2OC3c3ccccc32)cc1. The third-order valence-corrected chi connectivity index (χ3v) is 7.14. The van der Waals surface area contributed by atoms with Crippen molar-refractivity contribution < 1.29 is 17.3 Å². The molecule has 0 saturated carbocycles. The lowest BCUT2D eigenvalue weighted by atomic mass is 9.86. The number of rotatable bonds is 3. The number of ether oxygens (including phenoxy) is 1. The smallest absolute Gasteiger partial charge is 0.339 e. The monoisotopic (exact) mass is 490 g/mol. The van der Waals surface area contributed by atoms with E-state index in [-0.39, 0.29) is 17.1 Å². The average Bonchev–Trinajstić information content (AvgIpc) is 3.19. The summed E-state index contributed by atoms with van der Waals surface area (Å²) in [5.74, 6) is 0.337. The van der Waals surface area contributed by atoms with Crippen LogP contribution in [0.25, 0.3) is 0 Å². The number of hydrogen-bond acceptors (Lipinski definition) is 4. The standard InChI is InChI=1S/C21H15IO4S/c1-12-6-8-13(9-7-12)27(23,24)26-19-11-17-16(10-18(19)22)20-14-4-2-3-5-15(14)21(17)25-20/h2-11,20-21H,1H3. The second-order valence-electron chi connectivity index (χ2n) is 6.79. The Morgan fingerprint density at radius 2 is 1.48 bits per heavy atom. The molecule has 2 aliphatic rings. The third-order valence-electron chi connectivity index (χ3n) is 5.04. The van der Waals surface area contributed by atoms with Crippen LogP contribution in [0.2, 0.25) is 0 Å². The van der Waals surface area contributed by atoms with Crippen LogP contribution >= 0.6 is 22.6 Å². The van der Waals surface area contributed by atoms with Crippen LogP contribution in [-0.2, 0) is 14.9 Å². The molecule has 0 amide bonds. The Balaban J connectivity index is 1.53. The minimum atomic E-state index is -3.89. The second-order valence-corrected chi connectivity index (χ2v) is 9.50. The summed E-state index contributed by atoms with van der Waals surface area (Å²) in [6.07, 6.45) is -0.250. The minimum absolute atomic E-state index is 0.0857. The number of halogens is 1. The molecule has 3 aromatic rings. The highest BCUT2D eigenvalue weighted by Gasteiger charge is 2.43. The molecule has 4 nitrogen and oxygen atoms in total. The third kappa shape index (κ3) is 2.69. The molecule has 0 aromatic heterocycles. The van der Waals surface area contributed by atoms with Crippen molar-refractivity contribution in [1.82, 2.24) is 0 Å². The number of aryl methyl sites for hydroxylation is 1. The molecule has 0 radical (unpaired) electrons. The number of hydrogen-bond donors (Lipinski definition) is 0. The second kappa shape index (κ2) is 6.05. The summed E-state index contributed by atoms with van der Waals surface area (Å²) in [6.45, 7) is 1.91. The molecule has 2 aliphatic heterocycles. The van der Waals surface area contributed by atoms with Gasteiger partial charge in [0.2, 0.25) is 0 Å². The van der Waals surface area contributed by atoms with Crippen LogP contribution in [-0.4, -0.2) is 8.42 Å². The Morgan fingerprint density at radius 1 is 0.889 bits per heavy atom. The van der Waals surface area contributed by atoms with Gasteiger partial charge in [0.25, 0.3) is 0 Å². The first-order valence-electron chi connectivity index (χ1n) is 8.53. The van der Waals surface area contributed by atoms with Gasteiger partial charge in [0, 0.05) is 0 Å². The molecule has 3 aromatic carbocycles. The summed E-state index contributed by atoms with van der Waals surface area (Å²) in [4.78, 5) is 0.146. The van der Waals surface area contributed by atoms with E-state index in [4.69, 9.17) is 8.92 Å². The van der Waals surface area contributed by atoms with Gasteiger partial charge in [-0.15, -0.1) is 0 Å². The van der Waals surface area contributed by atoms with Gasteiger partial charge >= 0.3 is 10.1 Å². The van der Waals surface area contributed by atoms with Crippen LogP contribution in [0.3, 0.4) is 0 Å². The Labute approximate surface area is 171 Å². The molecule has 6 heteroatoms. The highest BCUT2D eigenvalue weighted by Crippen LogP contribution is 2.55. The molecule has 2 unspecified atom stereocenters. The molecule has 0 fully saturated rings. The summed E-state index contributed by atoms with van der Waals surface area (Å²) < 4.78 is 37.7. The normalized spacial score (nSPS) is 19.6. The van der Waals surface area contributed by atoms with Gasteiger partial charge < -0.3 is 8.92 Å². The van der Waals surface area contributed by atoms with Gasteiger partial charge in [0.15, 0.2) is 5.75 Å². The van der Waals surface area contributed by atoms with E-state index >= 15 is 0 Å². The lowest BCUT2D eigenvalue weighted by molar-refractivity contribution is 0.0857. The van der Waals surface area contributed by atoms with Crippen molar-refractivity contribution >= 4 is 32.7 Å². The van der Waals surface area contributed by atoms with Gasteiger partial charge in [-0.2, -0.15) is 8.42 Å². The Hall–Kier alpha value is -1.90. The Bertz CT molecular complexity index is 1170. The lowest BCUT2D eigenvalue weighted by Gasteiger charge is -2.18. The van der Waals surface area contributed by atoms with Crippen molar-refractivity contribution in [3.63, 3.8) is 0 Å². The van der Waals surface area contributed by atoms with Crippen LogP contribution in [0.15, 0.2) is 65.6 Å².